The van der Waals surface area contributed by atoms with Gasteiger partial charge in [0.25, 0.3) is 5.91 Å². The molecule has 14 nitrogen and oxygen atoms in total. The topological polar surface area (TPSA) is 153 Å². The summed E-state index contributed by atoms with van der Waals surface area (Å²) >= 11 is 0. The number of fused-ring (bicyclic) bond motifs is 2. The van der Waals surface area contributed by atoms with Gasteiger partial charge in [0.05, 0.1) is 47.6 Å². The molecule has 0 radical (unpaired) electrons. The molecule has 3 aromatic heterocycles. The third-order valence-corrected chi connectivity index (χ3v) is 12.4. The quantitative estimate of drug-likeness (QED) is 0.198. The van der Waals surface area contributed by atoms with Crippen LogP contribution in [0.15, 0.2) is 54.9 Å². The number of piperazine rings is 1. The molecular formula is C42H44F2N10O4. The Kier molecular flexibility index (Phi) is 10.0. The molecule has 2 aromatic carbocycles. The Bertz CT molecular complexity index is 2430. The number of hydrogen-bond donors (Lipinski definition) is 2. The molecule has 3 amide bonds. The van der Waals surface area contributed by atoms with Gasteiger partial charge in [0, 0.05) is 93.1 Å². The number of halogens is 2. The van der Waals surface area contributed by atoms with Crippen LogP contribution in [0.2, 0.25) is 0 Å². The minimum atomic E-state index is -0.996. The lowest BCUT2D eigenvalue weighted by molar-refractivity contribution is -0.134. The Labute approximate surface area is 333 Å². The number of piperidine rings is 1. The summed E-state index contributed by atoms with van der Waals surface area (Å²) in [6.07, 6.45) is 7.88. The van der Waals surface area contributed by atoms with E-state index in [4.69, 9.17) is 9.84 Å². The molecule has 300 valence electrons. The molecule has 6 heterocycles. The molecule has 58 heavy (non-hydrogen) atoms. The molecule has 16 heteroatoms. The summed E-state index contributed by atoms with van der Waals surface area (Å²) in [5.41, 5.74) is 2.96. The van der Waals surface area contributed by atoms with Crippen molar-refractivity contribution in [1.29, 1.82) is 5.26 Å². The van der Waals surface area contributed by atoms with Gasteiger partial charge in [-0.1, -0.05) is 0 Å². The Morgan fingerprint density at radius 2 is 1.72 bits per heavy atom. The van der Waals surface area contributed by atoms with Crippen LogP contribution in [0.25, 0.3) is 16.4 Å². The van der Waals surface area contributed by atoms with E-state index in [1.54, 1.807) is 25.3 Å². The summed E-state index contributed by atoms with van der Waals surface area (Å²) in [4.78, 5) is 44.2. The number of nitrogens with zero attached hydrogens (tertiary/aromatic N) is 8. The summed E-state index contributed by atoms with van der Waals surface area (Å²) in [7, 11) is 1.57. The first kappa shape index (κ1) is 37.6. The smallest absolute Gasteiger partial charge is 0.274 e. The van der Waals surface area contributed by atoms with Crippen molar-refractivity contribution in [3.63, 3.8) is 0 Å². The van der Waals surface area contributed by atoms with Crippen LogP contribution >= 0.6 is 0 Å². The number of benzene rings is 2. The van der Waals surface area contributed by atoms with E-state index in [0.717, 1.165) is 82.4 Å². The second kappa shape index (κ2) is 15.4. The lowest BCUT2D eigenvalue weighted by Crippen LogP contribution is -2.56. The highest BCUT2D eigenvalue weighted by molar-refractivity contribution is 6.06. The van der Waals surface area contributed by atoms with E-state index in [0.29, 0.717) is 45.9 Å². The largest absolute Gasteiger partial charge is 0.494 e. The maximum Gasteiger partial charge on any atom is 0.274 e. The minimum Gasteiger partial charge on any atom is -0.494 e. The number of hydrogen-bond acceptors (Lipinski definition) is 10. The fourth-order valence-corrected chi connectivity index (χ4v) is 9.26. The van der Waals surface area contributed by atoms with Crippen molar-refractivity contribution < 1.29 is 27.9 Å². The van der Waals surface area contributed by atoms with Gasteiger partial charge in [-0.25, -0.2) is 13.3 Å². The van der Waals surface area contributed by atoms with Crippen molar-refractivity contribution in [2.24, 2.45) is 5.92 Å². The molecule has 3 aliphatic heterocycles. The van der Waals surface area contributed by atoms with Crippen LogP contribution < -0.4 is 20.3 Å². The Balaban J connectivity index is 0.747. The molecule has 0 bridgehead atoms. The molecule has 1 atom stereocenters. The summed E-state index contributed by atoms with van der Waals surface area (Å²) < 4.78 is 39.4. The third-order valence-electron chi connectivity index (χ3n) is 12.4. The van der Waals surface area contributed by atoms with Crippen molar-refractivity contribution in [3.05, 3.63) is 83.3 Å². The van der Waals surface area contributed by atoms with E-state index in [1.807, 2.05) is 17.0 Å². The Morgan fingerprint density at radius 3 is 2.43 bits per heavy atom. The number of ether oxygens (including phenoxy) is 1. The summed E-state index contributed by atoms with van der Waals surface area (Å²) in [5, 5.41) is 24.4. The number of nitrogens with one attached hydrogen (secondary N) is 2. The monoisotopic (exact) mass is 790 g/mol. The number of nitriles is 1. The van der Waals surface area contributed by atoms with Gasteiger partial charge in [-0.05, 0) is 68.5 Å². The standard InChI is InChI=1S/C42H44F2N10O4/c1-58-38-18-35-27(15-36(38)47-42(57)37-8-6-30-14-25(19-45)20-46-54(30)37)24-53(49-35)29-4-2-28(3-5-29)51-12-10-50(11-13-51)21-26-22-52(23-26)31-16-33(43)40(34(44)17-31)32-7-9-39(55)48-41(32)56/h6,8,14-18,20,24,26,28-29,32H,2-5,7,9-13,21-23H2,1H3,(H,47,57)(H,48,55,56)/t28?,29?,32-/m1/s1. The molecule has 4 fully saturated rings. The fourth-order valence-electron chi connectivity index (χ4n) is 9.26. The number of carbonyl (C=O) groups is 3. The van der Waals surface area contributed by atoms with Gasteiger partial charge >= 0.3 is 0 Å². The van der Waals surface area contributed by atoms with Crippen LogP contribution in [-0.2, 0) is 9.59 Å². The number of rotatable bonds is 9. The zero-order valence-corrected chi connectivity index (χ0v) is 32.2. The maximum absolute atomic E-state index is 15.1. The lowest BCUT2D eigenvalue weighted by Gasteiger charge is -2.46. The van der Waals surface area contributed by atoms with Gasteiger partial charge in [-0.3, -0.25) is 29.3 Å². The van der Waals surface area contributed by atoms with E-state index >= 15 is 8.78 Å². The molecule has 0 unspecified atom stereocenters. The molecule has 3 saturated heterocycles. The van der Waals surface area contributed by atoms with Crippen molar-refractivity contribution in [1.82, 2.24) is 34.5 Å². The van der Waals surface area contributed by atoms with E-state index < -0.39 is 29.4 Å². The first-order chi connectivity index (χ1) is 28.1. The fraction of sp³-hybridized carbons (Fsp3) is 0.429. The van der Waals surface area contributed by atoms with Crippen LogP contribution in [0, 0.1) is 28.9 Å². The zero-order chi connectivity index (χ0) is 40.1. The summed E-state index contributed by atoms with van der Waals surface area (Å²) in [6, 6.07) is 14.4. The lowest BCUT2D eigenvalue weighted by atomic mass is 9.89. The predicted octanol–water partition coefficient (Wildman–Crippen LogP) is 4.85. The van der Waals surface area contributed by atoms with Crippen molar-refractivity contribution in [3.8, 4) is 11.8 Å². The number of aromatic nitrogens is 4. The van der Waals surface area contributed by atoms with Crippen LogP contribution in [0.3, 0.4) is 0 Å². The highest BCUT2D eigenvalue weighted by atomic mass is 19.1. The number of anilines is 2. The van der Waals surface area contributed by atoms with E-state index in [1.165, 1.54) is 22.8 Å². The summed E-state index contributed by atoms with van der Waals surface area (Å²) in [5.74, 6) is -2.97. The van der Waals surface area contributed by atoms with Gasteiger partial charge in [-0.2, -0.15) is 15.5 Å². The molecule has 1 aliphatic carbocycles. The normalized spacial score (nSPS) is 22.2. The van der Waals surface area contributed by atoms with Gasteiger partial charge in [0.1, 0.15) is 29.1 Å². The summed E-state index contributed by atoms with van der Waals surface area (Å²) in [6.45, 7) is 6.40. The zero-order valence-electron chi connectivity index (χ0n) is 32.2. The molecule has 2 N–H and O–H groups in total. The average Bonchev–Trinajstić information content (AvgIpc) is 3.83. The van der Waals surface area contributed by atoms with E-state index in [-0.39, 0.29) is 30.4 Å². The van der Waals surface area contributed by atoms with E-state index in [2.05, 4.69) is 42.5 Å². The Hall–Kier alpha value is -5.92. The third kappa shape index (κ3) is 7.24. The molecule has 1 saturated carbocycles. The highest BCUT2D eigenvalue weighted by Gasteiger charge is 2.36. The molecule has 5 aromatic rings. The maximum atomic E-state index is 15.1. The number of amides is 3. The Morgan fingerprint density at radius 1 is 0.983 bits per heavy atom. The van der Waals surface area contributed by atoms with Crippen molar-refractivity contribution in [2.45, 2.75) is 56.5 Å². The van der Waals surface area contributed by atoms with Crippen LogP contribution in [0.5, 0.6) is 5.75 Å². The highest BCUT2D eigenvalue weighted by Crippen LogP contribution is 2.37. The number of imide groups is 1. The van der Waals surface area contributed by atoms with Gasteiger partial charge in [0.2, 0.25) is 11.8 Å². The minimum absolute atomic E-state index is 0.0647. The van der Waals surface area contributed by atoms with Gasteiger partial charge < -0.3 is 19.9 Å². The van der Waals surface area contributed by atoms with E-state index in [9.17, 15) is 19.6 Å². The molecule has 4 aliphatic rings. The second-order valence-electron chi connectivity index (χ2n) is 16.0. The second-order valence-corrected chi connectivity index (χ2v) is 16.0. The molecule has 9 rings (SSSR count). The first-order valence-corrected chi connectivity index (χ1v) is 19.9. The average molecular weight is 791 g/mol. The van der Waals surface area contributed by atoms with Crippen molar-refractivity contribution in [2.75, 3.05) is 63.1 Å². The van der Waals surface area contributed by atoms with Crippen LogP contribution in [0.1, 0.15) is 72.1 Å². The SMILES string of the molecule is COc1cc2nn(C3CCC(N4CCN(CC5CN(c6cc(F)c([C@H]7CCC(=O)NC7=O)c(F)c6)C5)CC4)CC3)cc2cc1NC(=O)c1ccc2cc(C#N)cnn12. The first-order valence-electron chi connectivity index (χ1n) is 19.9. The van der Waals surface area contributed by atoms with Gasteiger partial charge in [-0.15, -0.1) is 0 Å². The molecular weight excluding hydrogens is 747 g/mol. The van der Waals surface area contributed by atoms with Gasteiger partial charge in [0.15, 0.2) is 0 Å². The molecule has 0 spiro atoms. The van der Waals surface area contributed by atoms with Crippen LogP contribution in [0.4, 0.5) is 20.2 Å². The number of carbonyl (C=O) groups excluding carboxylic acids is 3. The van der Waals surface area contributed by atoms with Crippen LogP contribution in [-0.4, -0.2) is 106 Å². The number of methoxy groups -OCH3 is 1. The van der Waals surface area contributed by atoms with Crippen molar-refractivity contribution >= 4 is 45.5 Å². The predicted molar refractivity (Wildman–Crippen MR) is 211 cm³/mol.